The zero-order valence-corrected chi connectivity index (χ0v) is 18.7. The molecule has 0 unspecified atom stereocenters. The van der Waals surface area contributed by atoms with E-state index in [2.05, 4.69) is 36.5 Å². The van der Waals surface area contributed by atoms with Crippen molar-refractivity contribution < 1.29 is 23.9 Å². The normalized spacial score (nSPS) is 10.5. The van der Waals surface area contributed by atoms with Crippen LogP contribution < -0.4 is 15.5 Å². The SMILES string of the molecule is COC(=O)COc1ccc(C=NNC(=O)CC(=O)Nc2ccc(Cl)c(Cl)c2)cc1Br. The highest BCUT2D eigenvalue weighted by Crippen LogP contribution is 2.26. The van der Waals surface area contributed by atoms with Crippen molar-refractivity contribution in [2.75, 3.05) is 19.0 Å². The average molecular weight is 517 g/mol. The first-order valence-electron chi connectivity index (χ1n) is 8.34. The van der Waals surface area contributed by atoms with Crippen molar-refractivity contribution in [3.63, 3.8) is 0 Å². The predicted molar refractivity (Wildman–Crippen MR) is 117 cm³/mol. The number of nitrogens with one attached hydrogen (secondary N) is 2. The molecule has 2 N–H and O–H groups in total. The van der Waals surface area contributed by atoms with Gasteiger partial charge in [-0.25, -0.2) is 10.2 Å². The van der Waals surface area contributed by atoms with Crippen molar-refractivity contribution in [3.8, 4) is 5.75 Å². The highest BCUT2D eigenvalue weighted by Gasteiger charge is 2.10. The molecule has 2 rings (SSSR count). The molecule has 0 fully saturated rings. The molecule has 0 aromatic heterocycles. The number of carbonyl (C=O) groups excluding carboxylic acids is 3. The number of methoxy groups -OCH3 is 1. The van der Waals surface area contributed by atoms with Crippen LogP contribution >= 0.6 is 39.1 Å². The van der Waals surface area contributed by atoms with Gasteiger partial charge < -0.3 is 14.8 Å². The second-order valence-electron chi connectivity index (χ2n) is 5.70. The molecule has 2 aromatic rings. The lowest BCUT2D eigenvalue weighted by atomic mass is 10.2. The minimum absolute atomic E-state index is 0.219. The maximum absolute atomic E-state index is 11.9. The van der Waals surface area contributed by atoms with Crippen LogP contribution in [0.25, 0.3) is 0 Å². The van der Waals surface area contributed by atoms with E-state index in [0.717, 1.165) is 0 Å². The fraction of sp³-hybridized carbons (Fsp3) is 0.158. The van der Waals surface area contributed by atoms with Crippen molar-refractivity contribution in [1.82, 2.24) is 5.43 Å². The molecule has 0 radical (unpaired) electrons. The Hall–Kier alpha value is -2.62. The van der Waals surface area contributed by atoms with Crippen molar-refractivity contribution in [3.05, 3.63) is 56.5 Å². The van der Waals surface area contributed by atoms with Gasteiger partial charge in [-0.2, -0.15) is 5.10 Å². The van der Waals surface area contributed by atoms with E-state index in [1.165, 1.54) is 25.5 Å². The summed E-state index contributed by atoms with van der Waals surface area (Å²) in [4.78, 5) is 34.9. The van der Waals surface area contributed by atoms with E-state index in [1.807, 2.05) is 0 Å². The van der Waals surface area contributed by atoms with E-state index in [0.29, 0.717) is 26.5 Å². The highest BCUT2D eigenvalue weighted by molar-refractivity contribution is 9.10. The van der Waals surface area contributed by atoms with Gasteiger partial charge in [0.1, 0.15) is 12.2 Å². The number of nitrogens with zero attached hydrogens (tertiary/aromatic N) is 1. The number of halogens is 3. The Balaban J connectivity index is 1.83. The first kappa shape index (κ1) is 23.7. The van der Waals surface area contributed by atoms with E-state index < -0.39 is 24.2 Å². The number of anilines is 1. The Bertz CT molecular complexity index is 985. The Labute approximate surface area is 190 Å². The number of carbonyl (C=O) groups is 3. The van der Waals surface area contributed by atoms with Crippen LogP contribution in [0.2, 0.25) is 10.0 Å². The van der Waals surface area contributed by atoms with Gasteiger partial charge in [0.25, 0.3) is 0 Å². The minimum Gasteiger partial charge on any atom is -0.481 e. The van der Waals surface area contributed by atoms with Gasteiger partial charge in [-0.1, -0.05) is 23.2 Å². The Morgan fingerprint density at radius 1 is 1.10 bits per heavy atom. The largest absolute Gasteiger partial charge is 0.481 e. The second kappa shape index (κ2) is 11.5. The van der Waals surface area contributed by atoms with Crippen molar-refractivity contribution in [2.24, 2.45) is 5.10 Å². The molecule has 0 spiro atoms. The standard InChI is InChI=1S/C19H16BrCl2N3O5/c1-29-19(28)10-30-16-5-2-11(6-13(16)20)9-23-25-18(27)8-17(26)24-12-3-4-14(21)15(22)7-12/h2-7,9H,8,10H2,1H3,(H,24,26)(H,25,27). The molecule has 0 aliphatic carbocycles. The van der Waals surface area contributed by atoms with Gasteiger partial charge in [-0.15, -0.1) is 0 Å². The number of esters is 1. The third kappa shape index (κ3) is 7.66. The number of hydrogen-bond acceptors (Lipinski definition) is 6. The average Bonchev–Trinajstić information content (AvgIpc) is 2.69. The van der Waals surface area contributed by atoms with Crippen LogP contribution in [-0.2, 0) is 19.1 Å². The number of benzene rings is 2. The monoisotopic (exact) mass is 515 g/mol. The molecule has 0 saturated carbocycles. The van der Waals surface area contributed by atoms with Crippen LogP contribution in [0.4, 0.5) is 5.69 Å². The topological polar surface area (TPSA) is 106 Å². The van der Waals surface area contributed by atoms with Gasteiger partial charge in [0.2, 0.25) is 11.8 Å². The third-order valence-electron chi connectivity index (χ3n) is 3.46. The second-order valence-corrected chi connectivity index (χ2v) is 7.37. The molecule has 30 heavy (non-hydrogen) atoms. The van der Waals surface area contributed by atoms with Gasteiger partial charge >= 0.3 is 5.97 Å². The molecule has 2 aromatic carbocycles. The molecule has 0 aliphatic heterocycles. The summed E-state index contributed by atoms with van der Waals surface area (Å²) in [5.74, 6) is -1.18. The van der Waals surface area contributed by atoms with Crippen LogP contribution in [0.15, 0.2) is 46.0 Å². The lowest BCUT2D eigenvalue weighted by Crippen LogP contribution is -2.24. The molecule has 2 amide bonds. The summed E-state index contributed by atoms with van der Waals surface area (Å²) >= 11 is 15.0. The predicted octanol–water partition coefficient (Wildman–Crippen LogP) is 3.79. The zero-order chi connectivity index (χ0) is 22.1. The molecule has 0 heterocycles. The zero-order valence-electron chi connectivity index (χ0n) is 15.6. The Morgan fingerprint density at radius 3 is 2.53 bits per heavy atom. The molecular formula is C19H16BrCl2N3O5. The maximum atomic E-state index is 11.9. The van der Waals surface area contributed by atoms with Gasteiger partial charge in [-0.05, 0) is 57.9 Å². The minimum atomic E-state index is -0.596. The fourth-order valence-electron chi connectivity index (χ4n) is 2.05. The van der Waals surface area contributed by atoms with Crippen molar-refractivity contribution in [2.45, 2.75) is 6.42 Å². The molecule has 0 bridgehead atoms. The van der Waals surface area contributed by atoms with E-state index in [4.69, 9.17) is 27.9 Å². The summed E-state index contributed by atoms with van der Waals surface area (Å²) in [7, 11) is 1.27. The summed E-state index contributed by atoms with van der Waals surface area (Å²) in [6.07, 6.45) is 0.963. The van der Waals surface area contributed by atoms with Crippen LogP contribution in [0.5, 0.6) is 5.75 Å². The fourth-order valence-corrected chi connectivity index (χ4v) is 2.86. The highest BCUT2D eigenvalue weighted by atomic mass is 79.9. The molecular weight excluding hydrogens is 501 g/mol. The van der Waals surface area contributed by atoms with E-state index in [-0.39, 0.29) is 11.6 Å². The van der Waals surface area contributed by atoms with Gasteiger partial charge in [0.15, 0.2) is 6.61 Å². The summed E-state index contributed by atoms with van der Waals surface area (Å²) < 4.78 is 10.4. The Kier molecular flexibility index (Phi) is 9.10. The van der Waals surface area contributed by atoms with Gasteiger partial charge in [0.05, 0.1) is 27.8 Å². The van der Waals surface area contributed by atoms with E-state index in [1.54, 1.807) is 24.3 Å². The van der Waals surface area contributed by atoms with Crippen molar-refractivity contribution in [1.29, 1.82) is 0 Å². The number of ether oxygens (including phenoxy) is 2. The van der Waals surface area contributed by atoms with E-state index >= 15 is 0 Å². The first-order chi connectivity index (χ1) is 14.3. The van der Waals surface area contributed by atoms with Crippen LogP contribution in [-0.4, -0.2) is 37.7 Å². The Morgan fingerprint density at radius 2 is 1.87 bits per heavy atom. The molecule has 0 aliphatic rings. The van der Waals surface area contributed by atoms with Gasteiger partial charge in [-0.3, -0.25) is 9.59 Å². The summed E-state index contributed by atoms with van der Waals surface area (Å²) in [5, 5.41) is 6.99. The number of rotatable bonds is 8. The molecule has 8 nitrogen and oxygen atoms in total. The number of hydrogen-bond donors (Lipinski definition) is 2. The van der Waals surface area contributed by atoms with Crippen LogP contribution in [0.1, 0.15) is 12.0 Å². The van der Waals surface area contributed by atoms with Crippen molar-refractivity contribution >= 4 is 68.8 Å². The molecule has 0 saturated heterocycles. The smallest absolute Gasteiger partial charge is 0.343 e. The quantitative estimate of drug-likeness (QED) is 0.240. The summed E-state index contributed by atoms with van der Waals surface area (Å²) in [5.41, 5.74) is 3.33. The molecule has 158 valence electrons. The lowest BCUT2D eigenvalue weighted by molar-refractivity contribution is -0.143. The van der Waals surface area contributed by atoms with Crippen LogP contribution in [0, 0.1) is 0 Å². The maximum Gasteiger partial charge on any atom is 0.343 e. The summed E-state index contributed by atoms with van der Waals surface area (Å²) in [6, 6.07) is 9.56. The summed E-state index contributed by atoms with van der Waals surface area (Å²) in [6.45, 7) is -0.219. The van der Waals surface area contributed by atoms with E-state index in [9.17, 15) is 14.4 Å². The molecule has 11 heteroatoms. The van der Waals surface area contributed by atoms with Crippen LogP contribution in [0.3, 0.4) is 0 Å². The number of hydrazone groups is 1. The lowest BCUT2D eigenvalue weighted by Gasteiger charge is -2.07. The number of amides is 2. The first-order valence-corrected chi connectivity index (χ1v) is 9.89. The van der Waals surface area contributed by atoms with Gasteiger partial charge in [0, 0.05) is 5.69 Å². The molecule has 0 atom stereocenters. The third-order valence-corrected chi connectivity index (χ3v) is 4.82.